The molecule has 2 aromatic rings. The van der Waals surface area contributed by atoms with Crippen LogP contribution in [0.5, 0.6) is 5.75 Å². The smallest absolute Gasteiger partial charge is 0.120 e. The highest BCUT2D eigenvalue weighted by Gasteiger charge is 2.28. The average molecular weight is 300 g/mol. The van der Waals surface area contributed by atoms with Crippen molar-refractivity contribution in [2.24, 2.45) is 0 Å². The van der Waals surface area contributed by atoms with Gasteiger partial charge in [0, 0.05) is 31.7 Å². The Hall–Kier alpha value is -1.81. The lowest BCUT2D eigenvalue weighted by Crippen LogP contribution is -2.17. The lowest BCUT2D eigenvalue weighted by molar-refractivity contribution is 0.414. The number of hydrogen-bond donors (Lipinski definition) is 0. The van der Waals surface area contributed by atoms with E-state index in [1.807, 2.05) is 17.8 Å². The number of hydrogen-bond acceptors (Lipinski definition) is 4. The number of methoxy groups -OCH3 is 1. The summed E-state index contributed by atoms with van der Waals surface area (Å²) in [7, 11) is 7.99. The van der Waals surface area contributed by atoms with Gasteiger partial charge >= 0.3 is 0 Å². The van der Waals surface area contributed by atoms with Crippen LogP contribution < -0.4 is 14.5 Å². The molecule has 21 heavy (non-hydrogen) atoms. The molecule has 0 bridgehead atoms. The van der Waals surface area contributed by atoms with Crippen LogP contribution in [-0.2, 0) is 0 Å². The molecule has 3 nitrogen and oxygen atoms in total. The maximum absolute atomic E-state index is 5.32. The van der Waals surface area contributed by atoms with Gasteiger partial charge in [-0.25, -0.2) is 0 Å². The second-order valence-corrected chi connectivity index (χ2v) is 6.52. The number of ether oxygens (including phenoxy) is 1. The van der Waals surface area contributed by atoms with Crippen molar-refractivity contribution in [1.29, 1.82) is 0 Å². The van der Waals surface area contributed by atoms with Crippen LogP contribution in [0.3, 0.4) is 0 Å². The zero-order chi connectivity index (χ0) is 15.0. The van der Waals surface area contributed by atoms with E-state index in [9.17, 15) is 0 Å². The van der Waals surface area contributed by atoms with E-state index in [1.54, 1.807) is 7.11 Å². The fourth-order valence-electron chi connectivity index (χ4n) is 2.56. The fraction of sp³-hybridized carbons (Fsp3) is 0.294. The predicted molar refractivity (Wildman–Crippen MR) is 90.8 cm³/mol. The van der Waals surface area contributed by atoms with E-state index >= 15 is 0 Å². The highest BCUT2D eigenvalue weighted by Crippen LogP contribution is 2.51. The molecule has 1 heterocycles. The van der Waals surface area contributed by atoms with E-state index in [2.05, 4.69) is 67.3 Å². The van der Waals surface area contributed by atoms with Crippen molar-refractivity contribution in [3.8, 4) is 5.75 Å². The normalized spacial score (nSPS) is 16.8. The van der Waals surface area contributed by atoms with Gasteiger partial charge in [-0.2, -0.15) is 0 Å². The third kappa shape index (κ3) is 2.56. The molecular formula is C17H20N2OS. The summed E-state index contributed by atoms with van der Waals surface area (Å²) in [6, 6.07) is 15.0. The molecular weight excluding hydrogens is 280 g/mol. The van der Waals surface area contributed by atoms with Crippen molar-refractivity contribution in [2.45, 2.75) is 10.3 Å². The molecule has 1 unspecified atom stereocenters. The summed E-state index contributed by atoms with van der Waals surface area (Å²) in [6.07, 6.45) is 0. The minimum absolute atomic E-state index is 0.323. The number of thioether (sulfide) groups is 1. The molecule has 3 rings (SSSR count). The maximum atomic E-state index is 5.32. The average Bonchev–Trinajstić information content (AvgIpc) is 2.83. The maximum Gasteiger partial charge on any atom is 0.120 e. The SMILES string of the molecule is COc1ccc2c(c1)SC(c1ccc(N(C)C)cc1)N2C. The standard InChI is InChI=1S/C17H20N2OS/c1-18(2)13-7-5-12(6-8-13)17-19(3)15-10-9-14(20-4)11-16(15)21-17/h5-11,17H,1-4H3. The first kappa shape index (κ1) is 14.1. The molecule has 0 radical (unpaired) electrons. The van der Waals surface area contributed by atoms with Crippen molar-refractivity contribution in [2.75, 3.05) is 38.1 Å². The van der Waals surface area contributed by atoms with E-state index < -0.39 is 0 Å². The summed E-state index contributed by atoms with van der Waals surface area (Å²) in [5.41, 5.74) is 3.81. The molecule has 4 heteroatoms. The summed E-state index contributed by atoms with van der Waals surface area (Å²) < 4.78 is 5.32. The van der Waals surface area contributed by atoms with E-state index in [0.29, 0.717) is 5.37 Å². The van der Waals surface area contributed by atoms with Crippen molar-refractivity contribution < 1.29 is 4.74 Å². The van der Waals surface area contributed by atoms with Crippen molar-refractivity contribution >= 4 is 23.1 Å². The molecule has 0 aromatic heterocycles. The Kier molecular flexibility index (Phi) is 3.72. The largest absolute Gasteiger partial charge is 0.497 e. The molecule has 1 atom stereocenters. The molecule has 0 saturated heterocycles. The molecule has 110 valence electrons. The van der Waals surface area contributed by atoms with Crippen LogP contribution in [-0.4, -0.2) is 28.3 Å². The van der Waals surface area contributed by atoms with Gasteiger partial charge in [-0.1, -0.05) is 23.9 Å². The Bertz CT molecular complexity index is 640. The molecule has 0 N–H and O–H groups in total. The minimum atomic E-state index is 0.323. The third-order valence-electron chi connectivity index (χ3n) is 3.83. The summed E-state index contributed by atoms with van der Waals surface area (Å²) in [4.78, 5) is 5.72. The Morgan fingerprint density at radius 1 is 1.10 bits per heavy atom. The summed E-state index contributed by atoms with van der Waals surface area (Å²) in [5, 5.41) is 0.323. The Morgan fingerprint density at radius 3 is 2.43 bits per heavy atom. The molecule has 0 amide bonds. The number of anilines is 2. The molecule has 0 fully saturated rings. The van der Waals surface area contributed by atoms with E-state index in [4.69, 9.17) is 4.74 Å². The van der Waals surface area contributed by atoms with Crippen LogP contribution in [0.2, 0.25) is 0 Å². The van der Waals surface area contributed by atoms with Crippen LogP contribution in [0.15, 0.2) is 47.4 Å². The summed E-state index contributed by atoms with van der Waals surface area (Å²) in [6.45, 7) is 0. The predicted octanol–water partition coefficient (Wildman–Crippen LogP) is 4.00. The second-order valence-electron chi connectivity index (χ2n) is 5.40. The van der Waals surface area contributed by atoms with E-state index in [1.165, 1.54) is 21.8 Å². The number of nitrogens with zero attached hydrogens (tertiary/aromatic N) is 2. The zero-order valence-electron chi connectivity index (χ0n) is 12.8. The molecule has 1 aliphatic heterocycles. The van der Waals surface area contributed by atoms with Gasteiger partial charge in [0.15, 0.2) is 0 Å². The van der Waals surface area contributed by atoms with Gasteiger partial charge < -0.3 is 14.5 Å². The van der Waals surface area contributed by atoms with Gasteiger partial charge in [0.05, 0.1) is 12.8 Å². The van der Waals surface area contributed by atoms with Crippen molar-refractivity contribution in [3.05, 3.63) is 48.0 Å². The first-order valence-electron chi connectivity index (χ1n) is 6.95. The fourth-order valence-corrected chi connectivity index (χ4v) is 3.88. The summed E-state index contributed by atoms with van der Waals surface area (Å²) >= 11 is 1.87. The molecule has 1 aliphatic rings. The first-order chi connectivity index (χ1) is 10.1. The molecule has 2 aromatic carbocycles. The van der Waals surface area contributed by atoms with E-state index in [0.717, 1.165) is 5.75 Å². The van der Waals surface area contributed by atoms with Crippen LogP contribution in [0, 0.1) is 0 Å². The topological polar surface area (TPSA) is 15.7 Å². The van der Waals surface area contributed by atoms with E-state index in [-0.39, 0.29) is 0 Å². The third-order valence-corrected chi connectivity index (χ3v) is 5.22. The van der Waals surface area contributed by atoms with Gasteiger partial charge in [-0.3, -0.25) is 0 Å². The number of fused-ring (bicyclic) bond motifs is 1. The van der Waals surface area contributed by atoms with Gasteiger partial charge in [0.1, 0.15) is 11.1 Å². The second kappa shape index (κ2) is 5.53. The monoisotopic (exact) mass is 300 g/mol. The Morgan fingerprint density at radius 2 is 1.81 bits per heavy atom. The lowest BCUT2D eigenvalue weighted by Gasteiger charge is -2.22. The lowest BCUT2D eigenvalue weighted by atomic mass is 10.1. The molecule has 0 saturated carbocycles. The van der Waals surface area contributed by atoms with Gasteiger partial charge in [0.25, 0.3) is 0 Å². The van der Waals surface area contributed by atoms with Crippen molar-refractivity contribution in [1.82, 2.24) is 0 Å². The quantitative estimate of drug-likeness (QED) is 0.851. The van der Waals surface area contributed by atoms with Gasteiger partial charge in [0.2, 0.25) is 0 Å². The number of benzene rings is 2. The van der Waals surface area contributed by atoms with Crippen LogP contribution >= 0.6 is 11.8 Å². The van der Waals surface area contributed by atoms with Gasteiger partial charge in [-0.05, 0) is 35.9 Å². The zero-order valence-corrected chi connectivity index (χ0v) is 13.6. The first-order valence-corrected chi connectivity index (χ1v) is 7.83. The highest BCUT2D eigenvalue weighted by molar-refractivity contribution is 8.00. The molecule has 0 spiro atoms. The van der Waals surface area contributed by atoms with Crippen LogP contribution in [0.25, 0.3) is 0 Å². The molecule has 0 aliphatic carbocycles. The van der Waals surface area contributed by atoms with Crippen molar-refractivity contribution in [3.63, 3.8) is 0 Å². The Labute approximate surface area is 130 Å². The minimum Gasteiger partial charge on any atom is -0.497 e. The Balaban J connectivity index is 1.88. The number of rotatable bonds is 3. The summed E-state index contributed by atoms with van der Waals surface area (Å²) in [5.74, 6) is 0.915. The van der Waals surface area contributed by atoms with Crippen LogP contribution in [0.1, 0.15) is 10.9 Å². The van der Waals surface area contributed by atoms with Crippen LogP contribution in [0.4, 0.5) is 11.4 Å². The highest BCUT2D eigenvalue weighted by atomic mass is 32.2. The van der Waals surface area contributed by atoms with Gasteiger partial charge in [-0.15, -0.1) is 0 Å².